The number of aryl methyl sites for hydroxylation is 1. The second-order valence-electron chi connectivity index (χ2n) is 5.64. The Balaban J connectivity index is 1.64. The number of anilines is 1. The van der Waals surface area contributed by atoms with Crippen molar-refractivity contribution in [1.82, 2.24) is 5.32 Å². The average Bonchev–Trinajstić information content (AvgIpc) is 3.17. The number of nitrogens with zero attached hydrogens (tertiary/aromatic N) is 1. The first-order valence-corrected chi connectivity index (χ1v) is 7.79. The van der Waals surface area contributed by atoms with E-state index in [1.807, 2.05) is 19.1 Å². The second-order valence-corrected chi connectivity index (χ2v) is 6.04. The van der Waals surface area contributed by atoms with Gasteiger partial charge in [-0.05, 0) is 36.8 Å². The maximum Gasteiger partial charge on any atom is 0.227 e. The standard InChI is InChI=1S/C17H17ClN2O3/c1-11-4-5-13(8-15(11)18)20-10-12(7-16(20)21)17(22)19-9-14-3-2-6-23-14/h2-6,8,12H,7,9-10H2,1H3,(H,19,22)/t12-/m1/s1. The number of benzene rings is 1. The fraction of sp³-hybridized carbons (Fsp3) is 0.294. The highest BCUT2D eigenvalue weighted by Gasteiger charge is 2.35. The summed E-state index contributed by atoms with van der Waals surface area (Å²) in [6.07, 6.45) is 1.76. The van der Waals surface area contributed by atoms with E-state index in [2.05, 4.69) is 5.32 Å². The Labute approximate surface area is 139 Å². The van der Waals surface area contributed by atoms with Crippen molar-refractivity contribution in [3.63, 3.8) is 0 Å². The molecule has 120 valence electrons. The van der Waals surface area contributed by atoms with Gasteiger partial charge in [0.05, 0.1) is 18.7 Å². The van der Waals surface area contributed by atoms with Gasteiger partial charge in [0.15, 0.2) is 0 Å². The predicted octanol–water partition coefficient (Wildman–Crippen LogP) is 2.91. The maximum absolute atomic E-state index is 12.2. The molecule has 1 N–H and O–H groups in total. The summed E-state index contributed by atoms with van der Waals surface area (Å²) in [5.74, 6) is 0.112. The third kappa shape index (κ3) is 3.40. The number of carbonyl (C=O) groups is 2. The molecule has 2 aromatic rings. The van der Waals surface area contributed by atoms with Crippen molar-refractivity contribution < 1.29 is 14.0 Å². The largest absolute Gasteiger partial charge is 0.467 e. The molecule has 0 saturated carbocycles. The Morgan fingerprint density at radius 3 is 2.96 bits per heavy atom. The highest BCUT2D eigenvalue weighted by atomic mass is 35.5. The summed E-state index contributed by atoms with van der Waals surface area (Å²) in [4.78, 5) is 26.0. The van der Waals surface area contributed by atoms with Crippen LogP contribution in [0.4, 0.5) is 5.69 Å². The van der Waals surface area contributed by atoms with Crippen molar-refractivity contribution in [2.75, 3.05) is 11.4 Å². The SMILES string of the molecule is Cc1ccc(N2C[C@H](C(=O)NCc3ccco3)CC2=O)cc1Cl. The molecule has 23 heavy (non-hydrogen) atoms. The van der Waals surface area contributed by atoms with Crippen LogP contribution >= 0.6 is 11.6 Å². The molecule has 1 aliphatic rings. The van der Waals surface area contributed by atoms with Gasteiger partial charge in [-0.2, -0.15) is 0 Å². The van der Waals surface area contributed by atoms with Crippen LogP contribution in [0, 0.1) is 12.8 Å². The molecule has 1 saturated heterocycles. The van der Waals surface area contributed by atoms with Crippen molar-refractivity contribution in [1.29, 1.82) is 0 Å². The Morgan fingerprint density at radius 1 is 1.43 bits per heavy atom. The number of hydrogen-bond donors (Lipinski definition) is 1. The number of carbonyl (C=O) groups excluding carboxylic acids is 2. The van der Waals surface area contributed by atoms with E-state index in [1.165, 1.54) is 0 Å². The molecular weight excluding hydrogens is 316 g/mol. The minimum Gasteiger partial charge on any atom is -0.467 e. The Bertz CT molecular complexity index is 727. The zero-order valence-corrected chi connectivity index (χ0v) is 13.5. The zero-order chi connectivity index (χ0) is 16.4. The second kappa shape index (κ2) is 6.46. The molecule has 5 nitrogen and oxygen atoms in total. The topological polar surface area (TPSA) is 62.6 Å². The van der Waals surface area contributed by atoms with Crippen molar-refractivity contribution in [3.05, 3.63) is 52.9 Å². The van der Waals surface area contributed by atoms with E-state index < -0.39 is 0 Å². The van der Waals surface area contributed by atoms with Crippen LogP contribution in [-0.2, 0) is 16.1 Å². The fourth-order valence-electron chi connectivity index (χ4n) is 2.61. The Kier molecular flexibility index (Phi) is 4.39. The van der Waals surface area contributed by atoms with Gasteiger partial charge in [-0.3, -0.25) is 9.59 Å². The minimum absolute atomic E-state index is 0.0666. The first-order valence-electron chi connectivity index (χ1n) is 7.41. The van der Waals surface area contributed by atoms with E-state index in [4.69, 9.17) is 16.0 Å². The molecule has 0 radical (unpaired) electrons. The first-order chi connectivity index (χ1) is 11.0. The highest BCUT2D eigenvalue weighted by molar-refractivity contribution is 6.31. The van der Waals surface area contributed by atoms with Crippen molar-refractivity contribution in [2.45, 2.75) is 19.9 Å². The summed E-state index contributed by atoms with van der Waals surface area (Å²) in [6, 6.07) is 9.04. The lowest BCUT2D eigenvalue weighted by Gasteiger charge is -2.17. The summed E-state index contributed by atoms with van der Waals surface area (Å²) in [5.41, 5.74) is 1.68. The molecule has 1 fully saturated rings. The van der Waals surface area contributed by atoms with Gasteiger partial charge in [0.25, 0.3) is 0 Å². The van der Waals surface area contributed by atoms with Gasteiger partial charge in [0.2, 0.25) is 11.8 Å². The molecule has 1 atom stereocenters. The summed E-state index contributed by atoms with van der Waals surface area (Å²) < 4.78 is 5.18. The van der Waals surface area contributed by atoms with E-state index in [0.717, 1.165) is 11.3 Å². The smallest absolute Gasteiger partial charge is 0.227 e. The van der Waals surface area contributed by atoms with Crippen LogP contribution in [0.15, 0.2) is 41.0 Å². The number of rotatable bonds is 4. The van der Waals surface area contributed by atoms with Crippen LogP contribution < -0.4 is 10.2 Å². The lowest BCUT2D eigenvalue weighted by molar-refractivity contribution is -0.126. The fourth-order valence-corrected chi connectivity index (χ4v) is 2.79. The molecule has 0 bridgehead atoms. The summed E-state index contributed by atoms with van der Waals surface area (Å²) in [7, 11) is 0. The van der Waals surface area contributed by atoms with Crippen LogP contribution in [-0.4, -0.2) is 18.4 Å². The third-order valence-electron chi connectivity index (χ3n) is 3.98. The van der Waals surface area contributed by atoms with Gasteiger partial charge >= 0.3 is 0 Å². The van der Waals surface area contributed by atoms with Gasteiger partial charge in [-0.15, -0.1) is 0 Å². The molecule has 0 aliphatic carbocycles. The molecule has 6 heteroatoms. The highest BCUT2D eigenvalue weighted by Crippen LogP contribution is 2.28. The van der Waals surface area contributed by atoms with Crippen molar-refractivity contribution >= 4 is 29.1 Å². The van der Waals surface area contributed by atoms with E-state index in [9.17, 15) is 9.59 Å². The van der Waals surface area contributed by atoms with Gasteiger partial charge < -0.3 is 14.6 Å². The molecule has 0 spiro atoms. The molecule has 1 aromatic carbocycles. The van der Waals surface area contributed by atoms with Gasteiger partial charge in [0, 0.05) is 23.7 Å². The van der Waals surface area contributed by atoms with E-state index >= 15 is 0 Å². The lowest BCUT2D eigenvalue weighted by Crippen LogP contribution is -2.32. The molecule has 2 amide bonds. The monoisotopic (exact) mass is 332 g/mol. The molecule has 1 aliphatic heterocycles. The predicted molar refractivity (Wildman–Crippen MR) is 87.2 cm³/mol. The first kappa shape index (κ1) is 15.6. The van der Waals surface area contributed by atoms with E-state index in [-0.39, 0.29) is 24.2 Å². The molecular formula is C17H17ClN2O3. The quantitative estimate of drug-likeness (QED) is 0.936. The van der Waals surface area contributed by atoms with Gasteiger partial charge in [-0.25, -0.2) is 0 Å². The Morgan fingerprint density at radius 2 is 2.26 bits per heavy atom. The van der Waals surface area contributed by atoms with Crippen molar-refractivity contribution in [3.8, 4) is 0 Å². The Hall–Kier alpha value is -2.27. The molecule has 1 aromatic heterocycles. The summed E-state index contributed by atoms with van der Waals surface area (Å²) in [6.45, 7) is 2.60. The average molecular weight is 333 g/mol. The lowest BCUT2D eigenvalue weighted by atomic mass is 10.1. The van der Waals surface area contributed by atoms with Crippen LogP contribution in [0.5, 0.6) is 0 Å². The molecule has 2 heterocycles. The number of amides is 2. The van der Waals surface area contributed by atoms with Crippen LogP contribution in [0.1, 0.15) is 17.7 Å². The van der Waals surface area contributed by atoms with E-state index in [1.54, 1.807) is 29.4 Å². The number of halogens is 1. The van der Waals surface area contributed by atoms with Crippen LogP contribution in [0.3, 0.4) is 0 Å². The minimum atomic E-state index is -0.363. The zero-order valence-electron chi connectivity index (χ0n) is 12.7. The van der Waals surface area contributed by atoms with E-state index in [0.29, 0.717) is 23.9 Å². The molecule has 3 rings (SSSR count). The van der Waals surface area contributed by atoms with Crippen molar-refractivity contribution in [2.24, 2.45) is 5.92 Å². The summed E-state index contributed by atoms with van der Waals surface area (Å²) >= 11 is 6.12. The maximum atomic E-state index is 12.2. The number of hydrogen-bond acceptors (Lipinski definition) is 3. The molecule has 0 unspecified atom stereocenters. The summed E-state index contributed by atoms with van der Waals surface area (Å²) in [5, 5.41) is 3.41. The van der Waals surface area contributed by atoms with Crippen LogP contribution in [0.25, 0.3) is 0 Å². The number of nitrogens with one attached hydrogen (secondary N) is 1. The van der Waals surface area contributed by atoms with Gasteiger partial charge in [-0.1, -0.05) is 17.7 Å². The normalized spacial score (nSPS) is 17.6. The third-order valence-corrected chi connectivity index (χ3v) is 4.39. The number of furan rings is 1. The van der Waals surface area contributed by atoms with Crippen LogP contribution in [0.2, 0.25) is 5.02 Å². The van der Waals surface area contributed by atoms with Gasteiger partial charge in [0.1, 0.15) is 5.76 Å².